The molecule has 0 unspecified atom stereocenters. The van der Waals surface area contributed by atoms with Gasteiger partial charge < -0.3 is 5.32 Å². The van der Waals surface area contributed by atoms with E-state index in [1.54, 1.807) is 0 Å². The molecule has 0 atom stereocenters. The van der Waals surface area contributed by atoms with Crippen molar-refractivity contribution in [3.63, 3.8) is 0 Å². The summed E-state index contributed by atoms with van der Waals surface area (Å²) >= 11 is 0. The molecular formula is C17H34N2. The summed E-state index contributed by atoms with van der Waals surface area (Å²) in [7, 11) is 0. The monoisotopic (exact) mass is 266 g/mol. The lowest BCUT2D eigenvalue weighted by atomic mass is 10.1. The van der Waals surface area contributed by atoms with Gasteiger partial charge in [-0.25, -0.2) is 0 Å². The Bertz CT molecular complexity index is 227. The molecule has 0 radical (unpaired) electrons. The highest BCUT2D eigenvalue weighted by atomic mass is 15.2. The van der Waals surface area contributed by atoms with Crippen LogP contribution in [0.15, 0.2) is 0 Å². The maximum Gasteiger partial charge on any atom is 0.0110 e. The maximum absolute atomic E-state index is 3.71. The van der Waals surface area contributed by atoms with Gasteiger partial charge in [0.1, 0.15) is 0 Å². The summed E-state index contributed by atoms with van der Waals surface area (Å²) < 4.78 is 0. The lowest BCUT2D eigenvalue weighted by Gasteiger charge is -2.30. The van der Waals surface area contributed by atoms with Gasteiger partial charge >= 0.3 is 0 Å². The van der Waals surface area contributed by atoms with Crippen LogP contribution >= 0.6 is 0 Å². The molecule has 0 aromatic rings. The zero-order valence-electron chi connectivity index (χ0n) is 13.2. The summed E-state index contributed by atoms with van der Waals surface area (Å²) in [6, 6.07) is 0.885. The first kappa shape index (κ1) is 15.3. The molecule has 2 rings (SSSR count). The molecule has 2 aliphatic carbocycles. The minimum atomic E-state index is 0.801. The van der Waals surface area contributed by atoms with Crippen LogP contribution in [0.1, 0.15) is 65.2 Å². The number of hydrogen-bond acceptors (Lipinski definition) is 2. The fourth-order valence-electron chi connectivity index (χ4n) is 3.90. The summed E-state index contributed by atoms with van der Waals surface area (Å²) in [5.74, 6) is 1.78. The third-order valence-corrected chi connectivity index (χ3v) is 4.92. The maximum atomic E-state index is 3.71. The van der Waals surface area contributed by atoms with Gasteiger partial charge in [-0.1, -0.05) is 39.5 Å². The molecule has 0 saturated heterocycles. The number of hydrogen-bond donors (Lipinski definition) is 1. The van der Waals surface area contributed by atoms with Gasteiger partial charge in [0.15, 0.2) is 0 Å². The summed E-state index contributed by atoms with van der Waals surface area (Å²) in [5.41, 5.74) is 0. The van der Waals surface area contributed by atoms with E-state index in [-0.39, 0.29) is 0 Å². The highest BCUT2D eigenvalue weighted by molar-refractivity contribution is 4.79. The van der Waals surface area contributed by atoms with E-state index < -0.39 is 0 Å². The molecular weight excluding hydrogens is 232 g/mol. The summed E-state index contributed by atoms with van der Waals surface area (Å²) in [5, 5.41) is 3.71. The third kappa shape index (κ3) is 5.43. The predicted octanol–water partition coefficient (Wildman–Crippen LogP) is 3.67. The van der Waals surface area contributed by atoms with Gasteiger partial charge in [0.2, 0.25) is 0 Å². The lowest BCUT2D eigenvalue weighted by Crippen LogP contribution is -2.41. The molecule has 2 aliphatic rings. The second-order valence-corrected chi connectivity index (χ2v) is 7.18. The largest absolute Gasteiger partial charge is 0.315 e. The van der Waals surface area contributed by atoms with Crippen LogP contribution < -0.4 is 5.32 Å². The van der Waals surface area contributed by atoms with E-state index in [0.29, 0.717) is 0 Å². The average molecular weight is 266 g/mol. The zero-order valence-corrected chi connectivity index (χ0v) is 13.2. The minimum absolute atomic E-state index is 0.801. The van der Waals surface area contributed by atoms with Crippen LogP contribution in [0.4, 0.5) is 0 Å². The van der Waals surface area contributed by atoms with Gasteiger partial charge in [-0.2, -0.15) is 0 Å². The molecule has 19 heavy (non-hydrogen) atoms. The molecule has 2 heteroatoms. The van der Waals surface area contributed by atoms with E-state index in [1.807, 2.05) is 0 Å². The first-order valence-electron chi connectivity index (χ1n) is 8.70. The van der Waals surface area contributed by atoms with Crippen molar-refractivity contribution in [1.82, 2.24) is 10.2 Å². The van der Waals surface area contributed by atoms with Crippen molar-refractivity contribution in [2.24, 2.45) is 11.8 Å². The zero-order chi connectivity index (χ0) is 13.5. The SMILES string of the molecule is CC(C)CN(CCNCC1CCCC1)C1CCCC1. The van der Waals surface area contributed by atoms with Crippen LogP contribution in [0.3, 0.4) is 0 Å². The number of nitrogens with zero attached hydrogens (tertiary/aromatic N) is 1. The van der Waals surface area contributed by atoms with E-state index in [1.165, 1.54) is 77.5 Å². The molecule has 1 N–H and O–H groups in total. The molecule has 112 valence electrons. The molecule has 2 fully saturated rings. The van der Waals surface area contributed by atoms with E-state index in [2.05, 4.69) is 24.1 Å². The highest BCUT2D eigenvalue weighted by Gasteiger charge is 2.22. The van der Waals surface area contributed by atoms with Crippen molar-refractivity contribution in [3.05, 3.63) is 0 Å². The molecule has 0 aromatic carbocycles. The Balaban J connectivity index is 1.63. The van der Waals surface area contributed by atoms with Crippen molar-refractivity contribution in [2.75, 3.05) is 26.2 Å². The molecule has 0 aliphatic heterocycles. The van der Waals surface area contributed by atoms with Gasteiger partial charge in [0, 0.05) is 25.7 Å². The van der Waals surface area contributed by atoms with Gasteiger partial charge in [0.05, 0.1) is 0 Å². The van der Waals surface area contributed by atoms with Crippen molar-refractivity contribution >= 4 is 0 Å². The van der Waals surface area contributed by atoms with Gasteiger partial charge in [-0.05, 0) is 44.1 Å². The normalized spacial score (nSPS) is 22.1. The van der Waals surface area contributed by atoms with Crippen LogP contribution in [0.5, 0.6) is 0 Å². The number of nitrogens with one attached hydrogen (secondary N) is 1. The Hall–Kier alpha value is -0.0800. The smallest absolute Gasteiger partial charge is 0.0110 e. The summed E-state index contributed by atoms with van der Waals surface area (Å²) in [4.78, 5) is 2.76. The second kappa shape index (κ2) is 8.26. The van der Waals surface area contributed by atoms with Crippen LogP contribution in [-0.4, -0.2) is 37.1 Å². The Labute approximate surface area is 120 Å². The quantitative estimate of drug-likeness (QED) is 0.674. The van der Waals surface area contributed by atoms with E-state index in [4.69, 9.17) is 0 Å². The first-order valence-corrected chi connectivity index (χ1v) is 8.70. The van der Waals surface area contributed by atoms with Crippen molar-refractivity contribution < 1.29 is 0 Å². The van der Waals surface area contributed by atoms with E-state index in [0.717, 1.165) is 17.9 Å². The van der Waals surface area contributed by atoms with Crippen LogP contribution in [-0.2, 0) is 0 Å². The Kier molecular flexibility index (Phi) is 6.66. The topological polar surface area (TPSA) is 15.3 Å². The molecule has 0 aromatic heterocycles. The fraction of sp³-hybridized carbons (Fsp3) is 1.00. The Morgan fingerprint density at radius 2 is 1.63 bits per heavy atom. The molecule has 2 nitrogen and oxygen atoms in total. The Morgan fingerprint density at radius 3 is 2.26 bits per heavy atom. The molecule has 0 heterocycles. The molecule has 2 saturated carbocycles. The fourth-order valence-corrected chi connectivity index (χ4v) is 3.90. The second-order valence-electron chi connectivity index (χ2n) is 7.18. The highest BCUT2D eigenvalue weighted by Crippen LogP contribution is 2.25. The van der Waals surface area contributed by atoms with Crippen molar-refractivity contribution in [2.45, 2.75) is 71.3 Å². The van der Waals surface area contributed by atoms with Gasteiger partial charge in [-0.15, -0.1) is 0 Å². The standard InChI is InChI=1S/C17H34N2/c1-15(2)14-19(17-9-5-6-10-17)12-11-18-13-16-7-3-4-8-16/h15-18H,3-14H2,1-2H3. The van der Waals surface area contributed by atoms with Crippen LogP contribution in [0.25, 0.3) is 0 Å². The third-order valence-electron chi connectivity index (χ3n) is 4.92. The minimum Gasteiger partial charge on any atom is -0.315 e. The van der Waals surface area contributed by atoms with Crippen LogP contribution in [0.2, 0.25) is 0 Å². The van der Waals surface area contributed by atoms with E-state index in [9.17, 15) is 0 Å². The predicted molar refractivity (Wildman–Crippen MR) is 83.5 cm³/mol. The summed E-state index contributed by atoms with van der Waals surface area (Å²) in [6.07, 6.45) is 11.6. The average Bonchev–Trinajstić information content (AvgIpc) is 3.04. The number of rotatable bonds is 8. The van der Waals surface area contributed by atoms with E-state index >= 15 is 0 Å². The Morgan fingerprint density at radius 1 is 1.00 bits per heavy atom. The summed E-state index contributed by atoms with van der Waals surface area (Å²) in [6.45, 7) is 9.72. The first-order chi connectivity index (χ1) is 9.25. The van der Waals surface area contributed by atoms with Crippen molar-refractivity contribution in [3.8, 4) is 0 Å². The van der Waals surface area contributed by atoms with Crippen LogP contribution in [0, 0.1) is 11.8 Å². The molecule has 0 spiro atoms. The van der Waals surface area contributed by atoms with Gasteiger partial charge in [-0.3, -0.25) is 4.90 Å². The molecule has 0 bridgehead atoms. The molecule has 0 amide bonds. The van der Waals surface area contributed by atoms with Crippen molar-refractivity contribution in [1.29, 1.82) is 0 Å². The van der Waals surface area contributed by atoms with Gasteiger partial charge in [0.25, 0.3) is 0 Å². The lowest BCUT2D eigenvalue weighted by molar-refractivity contribution is 0.177.